The summed E-state index contributed by atoms with van der Waals surface area (Å²) in [5.74, 6) is 1.31. The minimum atomic E-state index is -0.697. The average Bonchev–Trinajstić information content (AvgIpc) is 2.79. The lowest BCUT2D eigenvalue weighted by atomic mass is 10.0. The maximum Gasteiger partial charge on any atom is 0.513 e. The molecule has 0 aliphatic rings. The molecule has 3 aromatic carbocycles. The molecule has 0 amide bonds. The zero-order valence-corrected chi connectivity index (χ0v) is 17.4. The molecule has 0 heterocycles. The van der Waals surface area contributed by atoms with Crippen molar-refractivity contribution in [3.8, 4) is 11.5 Å². The molecule has 0 atom stereocenters. The van der Waals surface area contributed by atoms with E-state index in [0.717, 1.165) is 29.1 Å². The van der Waals surface area contributed by atoms with Gasteiger partial charge in [0.25, 0.3) is 0 Å². The van der Waals surface area contributed by atoms with Crippen molar-refractivity contribution in [2.45, 2.75) is 13.3 Å². The summed E-state index contributed by atoms with van der Waals surface area (Å²) in [6.07, 6.45) is -0.0128. The lowest BCUT2D eigenvalue weighted by molar-refractivity contribution is 0.101. The molecule has 5 heteroatoms. The first kappa shape index (κ1) is 21.2. The van der Waals surface area contributed by atoms with Crippen molar-refractivity contribution in [3.63, 3.8) is 0 Å². The number of carbonyl (C=O) groups is 1. The molecule has 0 radical (unpaired) electrons. The number of para-hydroxylation sites is 1. The van der Waals surface area contributed by atoms with Gasteiger partial charge in [-0.1, -0.05) is 54.6 Å². The lowest BCUT2D eigenvalue weighted by Gasteiger charge is -2.23. The fourth-order valence-electron chi connectivity index (χ4n) is 3.20. The van der Waals surface area contributed by atoms with Gasteiger partial charge in [-0.2, -0.15) is 0 Å². The lowest BCUT2D eigenvalue weighted by Crippen LogP contribution is -2.28. The average molecular weight is 405 g/mol. The van der Waals surface area contributed by atoms with Crippen LogP contribution in [0.1, 0.15) is 18.1 Å². The van der Waals surface area contributed by atoms with Crippen LogP contribution in [0.25, 0.3) is 0 Å². The van der Waals surface area contributed by atoms with Crippen LogP contribution in [0.4, 0.5) is 10.5 Å². The molecule has 0 saturated heterocycles. The molecule has 0 bridgehead atoms. The second kappa shape index (κ2) is 10.9. The molecule has 30 heavy (non-hydrogen) atoms. The van der Waals surface area contributed by atoms with Crippen LogP contribution < -0.4 is 14.4 Å². The highest BCUT2D eigenvalue weighted by Gasteiger charge is 2.12. The topological polar surface area (TPSA) is 48.0 Å². The first-order chi connectivity index (χ1) is 14.7. The third-order valence-electron chi connectivity index (χ3n) is 4.78. The fourth-order valence-corrected chi connectivity index (χ4v) is 3.20. The molecular formula is C25H27NO4. The van der Waals surface area contributed by atoms with E-state index in [2.05, 4.69) is 11.8 Å². The van der Waals surface area contributed by atoms with Crippen LogP contribution in [0.5, 0.6) is 11.5 Å². The van der Waals surface area contributed by atoms with Gasteiger partial charge in [0.05, 0.1) is 13.7 Å². The second-order valence-corrected chi connectivity index (χ2v) is 6.75. The van der Waals surface area contributed by atoms with Crippen molar-refractivity contribution in [2.75, 3.05) is 31.7 Å². The standard InChI is InChI=1S/C25H27NO4/c1-3-26(22-13-9-14-23(19-22)28-2)16-17-29-25(27)30-24-15-8-7-12-21(24)18-20-10-5-4-6-11-20/h4-15,19H,3,16-18H2,1-2H3. The molecule has 3 aromatic rings. The molecule has 0 fully saturated rings. The highest BCUT2D eigenvalue weighted by molar-refractivity contribution is 5.64. The van der Waals surface area contributed by atoms with Crippen molar-refractivity contribution in [1.29, 1.82) is 0 Å². The van der Waals surface area contributed by atoms with Gasteiger partial charge in [-0.3, -0.25) is 0 Å². The summed E-state index contributed by atoms with van der Waals surface area (Å²) in [6, 6.07) is 25.4. The Kier molecular flexibility index (Phi) is 7.72. The van der Waals surface area contributed by atoms with E-state index in [1.807, 2.05) is 72.8 Å². The van der Waals surface area contributed by atoms with Gasteiger partial charge in [0.2, 0.25) is 0 Å². The molecular weight excluding hydrogens is 378 g/mol. The summed E-state index contributed by atoms with van der Waals surface area (Å²) in [4.78, 5) is 14.4. The minimum Gasteiger partial charge on any atom is -0.497 e. The van der Waals surface area contributed by atoms with E-state index in [9.17, 15) is 4.79 Å². The van der Waals surface area contributed by atoms with E-state index in [-0.39, 0.29) is 6.61 Å². The van der Waals surface area contributed by atoms with Crippen molar-refractivity contribution >= 4 is 11.8 Å². The van der Waals surface area contributed by atoms with Crippen LogP contribution in [0, 0.1) is 0 Å². The van der Waals surface area contributed by atoms with Gasteiger partial charge in [-0.15, -0.1) is 0 Å². The second-order valence-electron chi connectivity index (χ2n) is 6.75. The molecule has 0 spiro atoms. The Balaban J connectivity index is 1.54. The maximum absolute atomic E-state index is 12.2. The van der Waals surface area contributed by atoms with Crippen molar-refractivity contribution in [3.05, 3.63) is 90.0 Å². The SMILES string of the molecule is CCN(CCOC(=O)Oc1ccccc1Cc1ccccc1)c1cccc(OC)c1. The number of hydrogen-bond donors (Lipinski definition) is 0. The van der Waals surface area contributed by atoms with E-state index >= 15 is 0 Å². The molecule has 0 N–H and O–H groups in total. The minimum absolute atomic E-state index is 0.227. The van der Waals surface area contributed by atoms with Crippen molar-refractivity contribution < 1.29 is 19.0 Å². The summed E-state index contributed by atoms with van der Waals surface area (Å²) >= 11 is 0. The predicted molar refractivity (Wildman–Crippen MR) is 119 cm³/mol. The van der Waals surface area contributed by atoms with Gasteiger partial charge < -0.3 is 19.1 Å². The number of anilines is 1. The number of benzene rings is 3. The molecule has 0 unspecified atom stereocenters. The first-order valence-corrected chi connectivity index (χ1v) is 10.0. The van der Waals surface area contributed by atoms with E-state index in [4.69, 9.17) is 14.2 Å². The summed E-state index contributed by atoms with van der Waals surface area (Å²) in [5.41, 5.74) is 3.10. The van der Waals surface area contributed by atoms with Crippen LogP contribution in [0.15, 0.2) is 78.9 Å². The zero-order valence-electron chi connectivity index (χ0n) is 17.4. The predicted octanol–water partition coefficient (Wildman–Crippen LogP) is 5.33. The fraction of sp³-hybridized carbons (Fsp3) is 0.240. The number of rotatable bonds is 9. The van der Waals surface area contributed by atoms with Gasteiger partial charge in [0.15, 0.2) is 0 Å². The molecule has 0 aromatic heterocycles. The summed E-state index contributed by atoms with van der Waals surface area (Å²) in [7, 11) is 1.64. The third-order valence-corrected chi connectivity index (χ3v) is 4.78. The van der Waals surface area contributed by atoms with Gasteiger partial charge in [0, 0.05) is 24.7 Å². The monoisotopic (exact) mass is 405 g/mol. The number of likely N-dealkylation sites (N-methyl/N-ethyl adjacent to an activating group) is 1. The summed E-state index contributed by atoms with van der Waals surface area (Å²) in [6.45, 7) is 3.62. The molecule has 0 aliphatic heterocycles. The van der Waals surface area contributed by atoms with E-state index in [1.54, 1.807) is 13.2 Å². The van der Waals surface area contributed by atoms with E-state index in [1.165, 1.54) is 0 Å². The highest BCUT2D eigenvalue weighted by atomic mass is 16.7. The van der Waals surface area contributed by atoms with E-state index < -0.39 is 6.16 Å². The number of hydrogen-bond acceptors (Lipinski definition) is 5. The summed E-state index contributed by atoms with van der Waals surface area (Å²) < 4.78 is 16.1. The Morgan fingerprint density at radius 3 is 2.47 bits per heavy atom. The Morgan fingerprint density at radius 2 is 1.70 bits per heavy atom. The van der Waals surface area contributed by atoms with Crippen LogP contribution in [0.3, 0.4) is 0 Å². The Hall–Kier alpha value is -3.47. The Bertz CT molecular complexity index is 943. The first-order valence-electron chi connectivity index (χ1n) is 10.0. The molecule has 3 rings (SSSR count). The quantitative estimate of drug-likeness (QED) is 0.356. The van der Waals surface area contributed by atoms with Gasteiger partial charge in [0.1, 0.15) is 18.1 Å². The summed E-state index contributed by atoms with van der Waals surface area (Å²) in [5, 5.41) is 0. The molecule has 156 valence electrons. The number of methoxy groups -OCH3 is 1. The van der Waals surface area contributed by atoms with Gasteiger partial charge in [-0.25, -0.2) is 4.79 Å². The Morgan fingerprint density at radius 1 is 0.933 bits per heavy atom. The Labute approximate surface area is 177 Å². The molecule has 0 aliphatic carbocycles. The smallest absolute Gasteiger partial charge is 0.497 e. The number of ether oxygens (including phenoxy) is 3. The van der Waals surface area contributed by atoms with E-state index in [0.29, 0.717) is 18.7 Å². The van der Waals surface area contributed by atoms with Gasteiger partial charge in [-0.05, 0) is 36.2 Å². The van der Waals surface area contributed by atoms with Crippen molar-refractivity contribution in [1.82, 2.24) is 0 Å². The zero-order chi connectivity index (χ0) is 21.2. The normalized spacial score (nSPS) is 10.3. The van der Waals surface area contributed by atoms with Crippen LogP contribution in [0.2, 0.25) is 0 Å². The highest BCUT2D eigenvalue weighted by Crippen LogP contribution is 2.22. The molecule has 0 saturated carbocycles. The number of carbonyl (C=O) groups excluding carboxylic acids is 1. The number of nitrogens with zero attached hydrogens (tertiary/aromatic N) is 1. The van der Waals surface area contributed by atoms with Crippen LogP contribution in [-0.2, 0) is 11.2 Å². The van der Waals surface area contributed by atoms with Crippen molar-refractivity contribution in [2.24, 2.45) is 0 Å². The third kappa shape index (κ3) is 6.01. The van der Waals surface area contributed by atoms with Crippen LogP contribution >= 0.6 is 0 Å². The van der Waals surface area contributed by atoms with Crippen LogP contribution in [-0.4, -0.2) is 33.0 Å². The van der Waals surface area contributed by atoms with Gasteiger partial charge >= 0.3 is 6.16 Å². The maximum atomic E-state index is 12.2. The molecule has 5 nitrogen and oxygen atoms in total. The largest absolute Gasteiger partial charge is 0.513 e.